The monoisotopic (exact) mass is 200 g/mol. The molecule has 76 valence electrons. The fourth-order valence-corrected chi connectivity index (χ4v) is 2.32. The summed E-state index contributed by atoms with van der Waals surface area (Å²) < 4.78 is 0. The normalized spacial score (nSPS) is 28.4. The highest BCUT2D eigenvalue weighted by Crippen LogP contribution is 2.23. The molecule has 1 amide bonds. The molecule has 0 aliphatic carbocycles. The van der Waals surface area contributed by atoms with E-state index in [9.17, 15) is 4.79 Å². The predicted molar refractivity (Wildman–Crippen MR) is 56.7 cm³/mol. The highest BCUT2D eigenvalue weighted by atomic mass is 16.2. The fraction of sp³-hybridized carbons (Fsp3) is 0.333. The van der Waals surface area contributed by atoms with Crippen molar-refractivity contribution in [3.63, 3.8) is 0 Å². The van der Waals surface area contributed by atoms with E-state index in [0.29, 0.717) is 0 Å². The van der Waals surface area contributed by atoms with E-state index in [4.69, 9.17) is 0 Å². The van der Waals surface area contributed by atoms with Crippen LogP contribution in [-0.4, -0.2) is 18.0 Å². The quantitative estimate of drug-likeness (QED) is 0.627. The summed E-state index contributed by atoms with van der Waals surface area (Å²) in [6, 6.07) is 7.77. The molecule has 0 bridgehead atoms. The van der Waals surface area contributed by atoms with Gasteiger partial charge in [-0.05, 0) is 36.7 Å². The molecule has 0 radical (unpaired) electrons. The summed E-state index contributed by atoms with van der Waals surface area (Å²) in [5.41, 5.74) is -0.506. The second kappa shape index (κ2) is 3.00. The molecule has 0 saturated carbocycles. The molecule has 0 aromatic heterocycles. The van der Waals surface area contributed by atoms with E-state index >= 15 is 0 Å². The zero-order chi connectivity index (χ0) is 10.3. The lowest BCUT2D eigenvalue weighted by molar-refractivity contribution is -0.121. The van der Waals surface area contributed by atoms with Gasteiger partial charge in [0.15, 0.2) is 0 Å². The number of para-hydroxylation sites is 1. The molecule has 1 saturated heterocycles. The summed E-state index contributed by atoms with van der Waals surface area (Å²) in [6.45, 7) is 0.903. The van der Waals surface area contributed by atoms with Crippen molar-refractivity contribution in [2.45, 2.75) is 18.4 Å². The van der Waals surface area contributed by atoms with Gasteiger partial charge in [-0.2, -0.15) is 0 Å². The SMILES string of the molecule is O=C1N=c2ccccc2=CC12CCCN2. The largest absolute Gasteiger partial charge is 0.300 e. The summed E-state index contributed by atoms with van der Waals surface area (Å²) in [4.78, 5) is 16.1. The molecular formula is C12H12N2O. The van der Waals surface area contributed by atoms with Gasteiger partial charge >= 0.3 is 0 Å². The summed E-state index contributed by atoms with van der Waals surface area (Å²) in [5.74, 6) is -0.0429. The van der Waals surface area contributed by atoms with Crippen LogP contribution in [0, 0.1) is 0 Å². The Labute approximate surface area is 87.5 Å². The number of carbonyl (C=O) groups is 1. The van der Waals surface area contributed by atoms with Crippen LogP contribution in [0.5, 0.6) is 0 Å². The van der Waals surface area contributed by atoms with Crippen molar-refractivity contribution < 1.29 is 4.79 Å². The van der Waals surface area contributed by atoms with Crippen molar-refractivity contribution >= 4 is 12.0 Å². The Balaban J connectivity index is 2.26. The predicted octanol–water partition coefficient (Wildman–Crippen LogP) is -0.251. The molecule has 1 atom stereocenters. The maximum Gasteiger partial charge on any atom is 0.270 e. The number of hydrogen-bond acceptors (Lipinski definition) is 2. The third-order valence-electron chi connectivity index (χ3n) is 3.13. The fourth-order valence-electron chi connectivity index (χ4n) is 2.32. The van der Waals surface area contributed by atoms with Crippen LogP contribution in [-0.2, 0) is 4.79 Å². The Morgan fingerprint density at radius 3 is 3.00 bits per heavy atom. The molecule has 15 heavy (non-hydrogen) atoms. The lowest BCUT2D eigenvalue weighted by atomic mass is 9.93. The Hall–Kier alpha value is -1.48. The van der Waals surface area contributed by atoms with Gasteiger partial charge in [-0.1, -0.05) is 18.2 Å². The van der Waals surface area contributed by atoms with Gasteiger partial charge in [0, 0.05) is 0 Å². The smallest absolute Gasteiger partial charge is 0.270 e. The highest BCUT2D eigenvalue weighted by molar-refractivity contribution is 5.95. The summed E-state index contributed by atoms with van der Waals surface area (Å²) >= 11 is 0. The van der Waals surface area contributed by atoms with Crippen molar-refractivity contribution in [2.75, 3.05) is 6.54 Å². The minimum Gasteiger partial charge on any atom is -0.300 e. The zero-order valence-electron chi connectivity index (χ0n) is 8.36. The van der Waals surface area contributed by atoms with E-state index < -0.39 is 5.54 Å². The van der Waals surface area contributed by atoms with Crippen LogP contribution in [0.3, 0.4) is 0 Å². The lowest BCUT2D eigenvalue weighted by Crippen LogP contribution is -2.51. The van der Waals surface area contributed by atoms with Crippen LogP contribution >= 0.6 is 0 Å². The Bertz CT molecular complexity index is 527. The molecule has 1 unspecified atom stereocenters. The van der Waals surface area contributed by atoms with Gasteiger partial charge in [-0.15, -0.1) is 0 Å². The molecule has 1 aromatic carbocycles. The molecule has 2 aliphatic heterocycles. The standard InChI is InChI=1S/C12H12N2O/c15-11-12(6-3-7-13-12)8-9-4-1-2-5-10(9)14-11/h1-2,4-5,8,13H,3,6-7H2. The number of hydrogen-bond donors (Lipinski definition) is 1. The van der Waals surface area contributed by atoms with Crippen LogP contribution in [0.25, 0.3) is 6.08 Å². The molecular weight excluding hydrogens is 188 g/mol. The number of nitrogens with one attached hydrogen (secondary N) is 1. The first-order valence-corrected chi connectivity index (χ1v) is 5.26. The first-order valence-electron chi connectivity index (χ1n) is 5.26. The minimum atomic E-state index is -0.506. The number of amides is 1. The molecule has 1 spiro atoms. The average molecular weight is 200 g/mol. The van der Waals surface area contributed by atoms with Gasteiger partial charge in [0.05, 0.1) is 5.36 Å². The van der Waals surface area contributed by atoms with E-state index in [2.05, 4.69) is 10.3 Å². The first kappa shape index (κ1) is 8.80. The molecule has 3 rings (SSSR count). The van der Waals surface area contributed by atoms with E-state index in [0.717, 1.165) is 30.0 Å². The molecule has 1 N–H and O–H groups in total. The molecule has 1 fully saturated rings. The van der Waals surface area contributed by atoms with E-state index in [1.807, 2.05) is 30.3 Å². The number of carbonyl (C=O) groups excluding carboxylic acids is 1. The van der Waals surface area contributed by atoms with Crippen molar-refractivity contribution in [1.29, 1.82) is 0 Å². The first-order chi connectivity index (χ1) is 7.30. The number of fused-ring (bicyclic) bond motifs is 1. The number of nitrogens with zero attached hydrogens (tertiary/aromatic N) is 1. The van der Waals surface area contributed by atoms with Crippen LogP contribution in [0.1, 0.15) is 12.8 Å². The Kier molecular flexibility index (Phi) is 1.76. The maximum absolute atomic E-state index is 11.9. The van der Waals surface area contributed by atoms with Gasteiger partial charge in [0.2, 0.25) is 0 Å². The molecule has 3 heteroatoms. The molecule has 2 aliphatic rings. The van der Waals surface area contributed by atoms with Crippen molar-refractivity contribution in [3.8, 4) is 0 Å². The van der Waals surface area contributed by atoms with Gasteiger partial charge in [0.25, 0.3) is 5.91 Å². The van der Waals surface area contributed by atoms with Gasteiger partial charge in [0.1, 0.15) is 5.54 Å². The van der Waals surface area contributed by atoms with Crippen molar-refractivity contribution in [3.05, 3.63) is 34.8 Å². The van der Waals surface area contributed by atoms with Gasteiger partial charge in [-0.3, -0.25) is 4.79 Å². The summed E-state index contributed by atoms with van der Waals surface area (Å²) in [6.07, 6.45) is 3.94. The Morgan fingerprint density at radius 2 is 2.20 bits per heavy atom. The third-order valence-corrected chi connectivity index (χ3v) is 3.13. The second-order valence-electron chi connectivity index (χ2n) is 4.12. The van der Waals surface area contributed by atoms with Crippen LogP contribution in [0.4, 0.5) is 0 Å². The highest BCUT2D eigenvalue weighted by Gasteiger charge is 2.39. The molecule has 3 nitrogen and oxygen atoms in total. The van der Waals surface area contributed by atoms with Crippen LogP contribution in [0.2, 0.25) is 0 Å². The topological polar surface area (TPSA) is 41.5 Å². The second-order valence-corrected chi connectivity index (χ2v) is 4.12. The van der Waals surface area contributed by atoms with E-state index in [1.165, 1.54) is 0 Å². The third kappa shape index (κ3) is 1.23. The lowest BCUT2D eigenvalue weighted by Gasteiger charge is -2.23. The summed E-state index contributed by atoms with van der Waals surface area (Å²) in [7, 11) is 0. The van der Waals surface area contributed by atoms with Crippen LogP contribution in [0.15, 0.2) is 29.3 Å². The average Bonchev–Trinajstić information content (AvgIpc) is 2.70. The number of benzene rings is 1. The van der Waals surface area contributed by atoms with Crippen molar-refractivity contribution in [1.82, 2.24) is 5.32 Å². The molecule has 1 aromatic rings. The van der Waals surface area contributed by atoms with Gasteiger partial charge < -0.3 is 5.32 Å². The van der Waals surface area contributed by atoms with E-state index in [1.54, 1.807) is 0 Å². The van der Waals surface area contributed by atoms with Gasteiger partial charge in [-0.25, -0.2) is 4.99 Å². The summed E-state index contributed by atoms with van der Waals surface area (Å²) in [5, 5.41) is 5.12. The van der Waals surface area contributed by atoms with E-state index in [-0.39, 0.29) is 5.91 Å². The molecule has 2 heterocycles. The maximum atomic E-state index is 11.9. The van der Waals surface area contributed by atoms with Crippen LogP contribution < -0.4 is 15.9 Å². The van der Waals surface area contributed by atoms with Crippen molar-refractivity contribution in [2.24, 2.45) is 4.99 Å². The minimum absolute atomic E-state index is 0.0429. The number of rotatable bonds is 0. The Morgan fingerprint density at radius 1 is 1.33 bits per heavy atom. The zero-order valence-corrected chi connectivity index (χ0v) is 8.36.